The summed E-state index contributed by atoms with van der Waals surface area (Å²) in [4.78, 5) is 19.4. The highest BCUT2D eigenvalue weighted by atomic mass is 19.1. The molecule has 1 aliphatic rings. The molecule has 1 fully saturated rings. The van der Waals surface area contributed by atoms with Gasteiger partial charge < -0.3 is 14.0 Å². The number of halogens is 1. The molecule has 0 spiro atoms. The number of pyridine rings is 1. The molecule has 1 saturated heterocycles. The number of rotatable bonds is 5. The summed E-state index contributed by atoms with van der Waals surface area (Å²) in [6, 6.07) is 10.2. The van der Waals surface area contributed by atoms with Crippen LogP contribution in [0.2, 0.25) is 0 Å². The van der Waals surface area contributed by atoms with Crippen LogP contribution in [-0.2, 0) is 11.3 Å². The maximum Gasteiger partial charge on any atom is 0.274 e. The first-order chi connectivity index (χ1) is 13.1. The third-order valence-corrected chi connectivity index (χ3v) is 4.86. The van der Waals surface area contributed by atoms with Gasteiger partial charge in [0.2, 0.25) is 0 Å². The maximum absolute atomic E-state index is 13.2. The van der Waals surface area contributed by atoms with Gasteiger partial charge >= 0.3 is 0 Å². The van der Waals surface area contributed by atoms with Crippen LogP contribution in [0.1, 0.15) is 34.5 Å². The average Bonchev–Trinajstić information content (AvgIpc) is 3.31. The molecule has 3 heterocycles. The third-order valence-electron chi connectivity index (χ3n) is 4.86. The predicted molar refractivity (Wildman–Crippen MR) is 100 cm³/mol. The lowest BCUT2D eigenvalue weighted by molar-refractivity contribution is 0.0503. The van der Waals surface area contributed by atoms with Gasteiger partial charge in [0.15, 0.2) is 0 Å². The van der Waals surface area contributed by atoms with E-state index in [1.165, 1.54) is 12.1 Å². The standard InChI is InChI=1S/C21H22FN3O2/c1-15-8-9-24-14-19(23-20(24)11-15)21(26)25(13-18-3-2-10-27-18)12-16-4-6-17(22)7-5-16/h4-9,11,14,18H,2-3,10,12-13H2,1H3/t18-/m1/s1. The number of aryl methyl sites for hydroxylation is 1. The Bertz CT molecular complexity index is 946. The zero-order valence-electron chi connectivity index (χ0n) is 15.3. The summed E-state index contributed by atoms with van der Waals surface area (Å²) in [7, 11) is 0. The largest absolute Gasteiger partial charge is 0.376 e. The molecule has 4 rings (SSSR count). The van der Waals surface area contributed by atoms with Crippen molar-refractivity contribution in [1.82, 2.24) is 14.3 Å². The highest BCUT2D eigenvalue weighted by molar-refractivity contribution is 5.93. The predicted octanol–water partition coefficient (Wildman–Crippen LogP) is 3.60. The Morgan fingerprint density at radius 3 is 2.89 bits per heavy atom. The molecule has 0 saturated carbocycles. The highest BCUT2D eigenvalue weighted by Crippen LogP contribution is 2.18. The van der Waals surface area contributed by atoms with E-state index in [4.69, 9.17) is 4.74 Å². The van der Waals surface area contributed by atoms with E-state index in [0.717, 1.165) is 36.2 Å². The molecule has 27 heavy (non-hydrogen) atoms. The number of amides is 1. The summed E-state index contributed by atoms with van der Waals surface area (Å²) in [5, 5.41) is 0. The van der Waals surface area contributed by atoms with Crippen LogP contribution in [-0.4, -0.2) is 39.4 Å². The van der Waals surface area contributed by atoms with Gasteiger partial charge in [-0.2, -0.15) is 0 Å². The zero-order valence-corrected chi connectivity index (χ0v) is 15.3. The van der Waals surface area contributed by atoms with Crippen molar-refractivity contribution >= 4 is 11.6 Å². The van der Waals surface area contributed by atoms with E-state index in [1.807, 2.05) is 29.7 Å². The Kier molecular flexibility index (Phi) is 4.90. The summed E-state index contributed by atoms with van der Waals surface area (Å²) >= 11 is 0. The molecule has 1 amide bonds. The minimum absolute atomic E-state index is 0.0358. The number of hydrogen-bond donors (Lipinski definition) is 0. The van der Waals surface area contributed by atoms with Gasteiger partial charge in [0.1, 0.15) is 17.2 Å². The minimum atomic E-state index is -0.286. The summed E-state index contributed by atoms with van der Waals surface area (Å²) in [5.74, 6) is -0.428. The second-order valence-electron chi connectivity index (χ2n) is 7.04. The number of nitrogens with zero attached hydrogens (tertiary/aromatic N) is 3. The van der Waals surface area contributed by atoms with E-state index in [0.29, 0.717) is 18.8 Å². The molecule has 0 N–H and O–H groups in total. The fraction of sp³-hybridized carbons (Fsp3) is 0.333. The molecule has 1 atom stereocenters. The van der Waals surface area contributed by atoms with E-state index in [-0.39, 0.29) is 17.8 Å². The van der Waals surface area contributed by atoms with Gasteiger partial charge in [0, 0.05) is 32.1 Å². The molecule has 1 aliphatic heterocycles. The molecule has 5 nitrogen and oxygen atoms in total. The van der Waals surface area contributed by atoms with Crippen molar-refractivity contribution < 1.29 is 13.9 Å². The first-order valence-electron chi connectivity index (χ1n) is 9.19. The van der Waals surface area contributed by atoms with Gasteiger partial charge in [-0.05, 0) is 55.2 Å². The second kappa shape index (κ2) is 7.48. The zero-order chi connectivity index (χ0) is 18.8. The molecule has 3 aromatic rings. The van der Waals surface area contributed by atoms with Crippen LogP contribution in [0.25, 0.3) is 5.65 Å². The Morgan fingerprint density at radius 1 is 1.33 bits per heavy atom. The summed E-state index contributed by atoms with van der Waals surface area (Å²) < 4.78 is 20.8. The topological polar surface area (TPSA) is 46.8 Å². The molecule has 2 aromatic heterocycles. The van der Waals surface area contributed by atoms with Crippen molar-refractivity contribution in [3.05, 3.63) is 71.4 Å². The van der Waals surface area contributed by atoms with Crippen molar-refractivity contribution in [2.75, 3.05) is 13.2 Å². The first-order valence-corrected chi connectivity index (χ1v) is 9.19. The molecular formula is C21H22FN3O2. The number of benzene rings is 1. The number of carbonyl (C=O) groups is 1. The van der Waals surface area contributed by atoms with Crippen molar-refractivity contribution in [3.8, 4) is 0 Å². The second-order valence-corrected chi connectivity index (χ2v) is 7.04. The normalized spacial score (nSPS) is 16.7. The number of carbonyl (C=O) groups excluding carboxylic acids is 1. The van der Waals surface area contributed by atoms with Crippen LogP contribution in [0.3, 0.4) is 0 Å². The Balaban J connectivity index is 1.60. The van der Waals surface area contributed by atoms with Crippen LogP contribution < -0.4 is 0 Å². The van der Waals surface area contributed by atoms with Gasteiger partial charge in [-0.25, -0.2) is 9.37 Å². The average molecular weight is 367 g/mol. The molecule has 0 aliphatic carbocycles. The van der Waals surface area contributed by atoms with Crippen molar-refractivity contribution in [3.63, 3.8) is 0 Å². The van der Waals surface area contributed by atoms with Crippen molar-refractivity contribution in [2.24, 2.45) is 0 Å². The van der Waals surface area contributed by atoms with Gasteiger partial charge in [0.05, 0.1) is 6.10 Å². The maximum atomic E-state index is 13.2. The lowest BCUT2D eigenvalue weighted by Crippen LogP contribution is -2.37. The van der Waals surface area contributed by atoms with E-state index in [9.17, 15) is 9.18 Å². The number of fused-ring (bicyclic) bond motifs is 1. The van der Waals surface area contributed by atoms with Crippen LogP contribution in [0, 0.1) is 12.7 Å². The fourth-order valence-electron chi connectivity index (χ4n) is 3.41. The van der Waals surface area contributed by atoms with Crippen LogP contribution >= 0.6 is 0 Å². The first kappa shape index (κ1) is 17.7. The van der Waals surface area contributed by atoms with Crippen molar-refractivity contribution in [1.29, 1.82) is 0 Å². The van der Waals surface area contributed by atoms with Crippen LogP contribution in [0.15, 0.2) is 48.8 Å². The van der Waals surface area contributed by atoms with Gasteiger partial charge in [-0.1, -0.05) is 12.1 Å². The molecule has 0 radical (unpaired) electrons. The lowest BCUT2D eigenvalue weighted by atomic mass is 10.1. The highest BCUT2D eigenvalue weighted by Gasteiger charge is 2.25. The third kappa shape index (κ3) is 4.01. The molecule has 140 valence electrons. The van der Waals surface area contributed by atoms with Crippen LogP contribution in [0.5, 0.6) is 0 Å². The molecule has 6 heteroatoms. The Morgan fingerprint density at radius 2 is 2.15 bits per heavy atom. The molecule has 0 unspecified atom stereocenters. The minimum Gasteiger partial charge on any atom is -0.376 e. The van der Waals surface area contributed by atoms with Crippen LogP contribution in [0.4, 0.5) is 4.39 Å². The number of ether oxygens (including phenoxy) is 1. The van der Waals surface area contributed by atoms with Gasteiger partial charge in [-0.3, -0.25) is 4.79 Å². The number of hydrogen-bond acceptors (Lipinski definition) is 3. The number of imidazole rings is 1. The van der Waals surface area contributed by atoms with E-state index < -0.39 is 0 Å². The quantitative estimate of drug-likeness (QED) is 0.692. The summed E-state index contributed by atoms with van der Waals surface area (Å²) in [6.45, 7) is 3.63. The number of aromatic nitrogens is 2. The van der Waals surface area contributed by atoms with Gasteiger partial charge in [-0.15, -0.1) is 0 Å². The molecule has 0 bridgehead atoms. The fourth-order valence-corrected chi connectivity index (χ4v) is 3.41. The van der Waals surface area contributed by atoms with Crippen molar-refractivity contribution in [2.45, 2.75) is 32.4 Å². The Hall–Kier alpha value is -2.73. The van der Waals surface area contributed by atoms with Gasteiger partial charge in [0.25, 0.3) is 5.91 Å². The lowest BCUT2D eigenvalue weighted by Gasteiger charge is -2.25. The summed E-state index contributed by atoms with van der Waals surface area (Å²) in [5.41, 5.74) is 3.12. The Labute approximate surface area is 157 Å². The monoisotopic (exact) mass is 367 g/mol. The van der Waals surface area contributed by atoms with E-state index in [1.54, 1.807) is 23.2 Å². The SMILES string of the molecule is Cc1ccn2cc(C(=O)N(Cc3ccc(F)cc3)C[C@H]3CCCO3)nc2c1. The smallest absolute Gasteiger partial charge is 0.274 e. The molecule has 1 aromatic carbocycles. The summed E-state index contributed by atoms with van der Waals surface area (Å²) in [6.07, 6.45) is 5.64. The van der Waals surface area contributed by atoms with E-state index in [2.05, 4.69) is 4.98 Å². The molecular weight excluding hydrogens is 345 g/mol. The van der Waals surface area contributed by atoms with E-state index >= 15 is 0 Å².